The first-order valence-corrected chi connectivity index (χ1v) is 4.07. The first kappa shape index (κ1) is 7.28. The van der Waals surface area contributed by atoms with Crippen molar-refractivity contribution in [3.63, 3.8) is 0 Å². The fraction of sp³-hybridized carbons (Fsp3) is 0.333. The third-order valence-electron chi connectivity index (χ3n) is 1.85. The van der Waals surface area contributed by atoms with E-state index < -0.39 is 0 Å². The predicted octanol–water partition coefficient (Wildman–Crippen LogP) is 1.85. The molecule has 62 valence electrons. The maximum absolute atomic E-state index is 4.36. The van der Waals surface area contributed by atoms with Gasteiger partial charge in [-0.3, -0.25) is 4.40 Å². The van der Waals surface area contributed by atoms with Crippen molar-refractivity contribution in [2.45, 2.75) is 19.8 Å². The van der Waals surface area contributed by atoms with Gasteiger partial charge in [-0.2, -0.15) is 0 Å². The van der Waals surface area contributed by atoms with E-state index in [4.69, 9.17) is 0 Å². The highest BCUT2D eigenvalue weighted by Crippen LogP contribution is 2.12. The van der Waals surface area contributed by atoms with Gasteiger partial charge in [-0.15, -0.1) is 0 Å². The second kappa shape index (κ2) is 2.59. The summed E-state index contributed by atoms with van der Waals surface area (Å²) in [4.78, 5) is 8.50. The molecule has 0 radical (unpaired) electrons. The van der Waals surface area contributed by atoms with Crippen molar-refractivity contribution < 1.29 is 0 Å². The Morgan fingerprint density at radius 2 is 2.25 bits per heavy atom. The van der Waals surface area contributed by atoms with Crippen LogP contribution in [0.5, 0.6) is 0 Å². The molecule has 2 rings (SSSR count). The minimum absolute atomic E-state index is 0.465. The quantitative estimate of drug-likeness (QED) is 0.639. The van der Waals surface area contributed by atoms with Gasteiger partial charge in [-0.25, -0.2) is 9.97 Å². The van der Waals surface area contributed by atoms with Gasteiger partial charge in [0.2, 0.25) is 5.78 Å². The van der Waals surface area contributed by atoms with Crippen LogP contribution >= 0.6 is 0 Å². The number of imidazole rings is 1. The van der Waals surface area contributed by atoms with Crippen LogP contribution in [-0.4, -0.2) is 14.4 Å². The van der Waals surface area contributed by atoms with Gasteiger partial charge < -0.3 is 0 Å². The maximum Gasteiger partial charge on any atom is 0.233 e. The Kier molecular flexibility index (Phi) is 1.57. The van der Waals surface area contributed by atoms with Gasteiger partial charge in [-0.05, 0) is 12.0 Å². The van der Waals surface area contributed by atoms with Crippen molar-refractivity contribution in [3.05, 3.63) is 30.4 Å². The standard InChI is InChI=1S/C9H11N3/c1-7(2)8-6-12-5-3-4-10-9(12)11-8/h3-7H,1-2H3. The number of aromatic nitrogens is 3. The Balaban J connectivity index is 2.62. The zero-order valence-corrected chi connectivity index (χ0v) is 7.23. The van der Waals surface area contributed by atoms with Crippen molar-refractivity contribution in [2.24, 2.45) is 0 Å². The van der Waals surface area contributed by atoms with E-state index in [0.29, 0.717) is 5.92 Å². The van der Waals surface area contributed by atoms with Crippen molar-refractivity contribution >= 4 is 5.78 Å². The summed E-state index contributed by atoms with van der Waals surface area (Å²) in [6, 6.07) is 1.90. The molecule has 0 aliphatic carbocycles. The highest BCUT2D eigenvalue weighted by atomic mass is 15.1. The van der Waals surface area contributed by atoms with Crippen LogP contribution in [0, 0.1) is 0 Å². The average Bonchev–Trinajstić information content (AvgIpc) is 2.46. The first-order valence-electron chi connectivity index (χ1n) is 4.07. The lowest BCUT2D eigenvalue weighted by Crippen LogP contribution is -1.85. The van der Waals surface area contributed by atoms with Crippen LogP contribution in [0.15, 0.2) is 24.7 Å². The normalized spacial score (nSPS) is 11.2. The summed E-state index contributed by atoms with van der Waals surface area (Å²) in [6.07, 6.45) is 5.74. The summed E-state index contributed by atoms with van der Waals surface area (Å²) in [7, 11) is 0. The molecule has 0 N–H and O–H groups in total. The highest BCUT2D eigenvalue weighted by Gasteiger charge is 2.04. The molecule has 0 aromatic carbocycles. The third-order valence-corrected chi connectivity index (χ3v) is 1.85. The van der Waals surface area contributed by atoms with Crippen LogP contribution in [0.25, 0.3) is 5.78 Å². The summed E-state index contributed by atoms with van der Waals surface area (Å²) < 4.78 is 1.94. The Morgan fingerprint density at radius 3 is 2.92 bits per heavy atom. The molecule has 0 atom stereocenters. The SMILES string of the molecule is CC(C)c1cn2cccnc2n1. The second-order valence-electron chi connectivity index (χ2n) is 3.15. The van der Waals surface area contributed by atoms with Crippen molar-refractivity contribution in [2.75, 3.05) is 0 Å². The predicted molar refractivity (Wildman–Crippen MR) is 47.1 cm³/mol. The van der Waals surface area contributed by atoms with E-state index in [0.717, 1.165) is 11.5 Å². The number of nitrogens with zero attached hydrogens (tertiary/aromatic N) is 3. The molecule has 0 unspecified atom stereocenters. The van der Waals surface area contributed by atoms with E-state index in [9.17, 15) is 0 Å². The largest absolute Gasteiger partial charge is 0.291 e. The molecule has 0 saturated heterocycles. The van der Waals surface area contributed by atoms with Gasteiger partial charge >= 0.3 is 0 Å². The zero-order chi connectivity index (χ0) is 8.55. The molecule has 0 amide bonds. The molecular weight excluding hydrogens is 150 g/mol. The van der Waals surface area contributed by atoms with Crippen molar-refractivity contribution in [1.82, 2.24) is 14.4 Å². The van der Waals surface area contributed by atoms with Crippen molar-refractivity contribution in [1.29, 1.82) is 0 Å². The first-order chi connectivity index (χ1) is 5.77. The van der Waals surface area contributed by atoms with Gasteiger partial charge in [0.1, 0.15) is 0 Å². The van der Waals surface area contributed by atoms with E-state index in [1.54, 1.807) is 6.20 Å². The minimum Gasteiger partial charge on any atom is -0.291 e. The minimum atomic E-state index is 0.465. The molecule has 0 saturated carbocycles. The molecule has 0 aliphatic rings. The lowest BCUT2D eigenvalue weighted by atomic mass is 10.2. The van der Waals surface area contributed by atoms with Crippen LogP contribution in [-0.2, 0) is 0 Å². The average molecular weight is 161 g/mol. The molecule has 3 nitrogen and oxygen atoms in total. The van der Waals surface area contributed by atoms with E-state index >= 15 is 0 Å². The van der Waals surface area contributed by atoms with Gasteiger partial charge in [0.15, 0.2) is 0 Å². The maximum atomic E-state index is 4.36. The molecule has 2 aromatic rings. The van der Waals surface area contributed by atoms with Gasteiger partial charge in [0, 0.05) is 18.6 Å². The van der Waals surface area contributed by atoms with Crippen LogP contribution in [0.3, 0.4) is 0 Å². The van der Waals surface area contributed by atoms with Crippen LogP contribution in [0.2, 0.25) is 0 Å². The Bertz CT molecular complexity index is 356. The lowest BCUT2D eigenvalue weighted by Gasteiger charge is -1.94. The van der Waals surface area contributed by atoms with Crippen LogP contribution < -0.4 is 0 Å². The molecule has 0 bridgehead atoms. The molecule has 12 heavy (non-hydrogen) atoms. The Hall–Kier alpha value is -1.38. The topological polar surface area (TPSA) is 30.2 Å². The van der Waals surface area contributed by atoms with Crippen LogP contribution in [0.4, 0.5) is 0 Å². The number of hydrogen-bond acceptors (Lipinski definition) is 2. The lowest BCUT2D eigenvalue weighted by molar-refractivity contribution is 0.833. The summed E-state index contributed by atoms with van der Waals surface area (Å²) in [5, 5.41) is 0. The fourth-order valence-electron chi connectivity index (χ4n) is 1.13. The van der Waals surface area contributed by atoms with Gasteiger partial charge in [0.25, 0.3) is 0 Å². The molecular formula is C9H11N3. The Morgan fingerprint density at radius 1 is 1.42 bits per heavy atom. The number of fused-ring (bicyclic) bond motifs is 1. The third kappa shape index (κ3) is 1.07. The monoisotopic (exact) mass is 161 g/mol. The van der Waals surface area contributed by atoms with Gasteiger partial charge in [-0.1, -0.05) is 13.8 Å². The summed E-state index contributed by atoms with van der Waals surface area (Å²) >= 11 is 0. The van der Waals surface area contributed by atoms with Gasteiger partial charge in [0.05, 0.1) is 5.69 Å². The van der Waals surface area contributed by atoms with E-state index in [2.05, 4.69) is 23.8 Å². The summed E-state index contributed by atoms with van der Waals surface area (Å²) in [6.45, 7) is 4.25. The van der Waals surface area contributed by atoms with Crippen molar-refractivity contribution in [3.8, 4) is 0 Å². The smallest absolute Gasteiger partial charge is 0.233 e. The summed E-state index contributed by atoms with van der Waals surface area (Å²) in [5.74, 6) is 1.24. The molecule has 2 heterocycles. The number of rotatable bonds is 1. The van der Waals surface area contributed by atoms with E-state index in [1.807, 2.05) is 22.9 Å². The molecule has 0 aliphatic heterocycles. The number of hydrogen-bond donors (Lipinski definition) is 0. The van der Waals surface area contributed by atoms with Crippen LogP contribution in [0.1, 0.15) is 25.5 Å². The second-order valence-corrected chi connectivity index (χ2v) is 3.15. The van der Waals surface area contributed by atoms with E-state index in [-0.39, 0.29) is 0 Å². The summed E-state index contributed by atoms with van der Waals surface area (Å²) in [5.41, 5.74) is 1.09. The molecule has 0 spiro atoms. The fourth-order valence-corrected chi connectivity index (χ4v) is 1.13. The van der Waals surface area contributed by atoms with E-state index in [1.165, 1.54) is 0 Å². The molecule has 3 heteroatoms. The Labute approximate surface area is 71.1 Å². The zero-order valence-electron chi connectivity index (χ0n) is 7.23. The highest BCUT2D eigenvalue weighted by molar-refractivity contribution is 5.30. The molecule has 0 fully saturated rings. The molecule has 2 aromatic heterocycles.